The topological polar surface area (TPSA) is 195 Å². The molecule has 3 amide bonds. The van der Waals surface area contributed by atoms with Gasteiger partial charge in [0.25, 0.3) is 0 Å². The van der Waals surface area contributed by atoms with E-state index in [0.29, 0.717) is 5.69 Å². The lowest BCUT2D eigenvalue weighted by Gasteiger charge is -2.26. The Morgan fingerprint density at radius 2 is 1.75 bits per heavy atom. The molecule has 0 bridgehead atoms. The Hall–Kier alpha value is -4.19. The second kappa shape index (κ2) is 12.0. The quantitative estimate of drug-likeness (QED) is 0.180. The molecule has 192 valence electrons. The van der Waals surface area contributed by atoms with E-state index in [9.17, 15) is 24.3 Å². The van der Waals surface area contributed by atoms with Gasteiger partial charge in [-0.15, -0.1) is 0 Å². The van der Waals surface area contributed by atoms with E-state index >= 15 is 0 Å². The molecule has 2 aromatic heterocycles. The standard InChI is InChI=1S/C24H31N7O5/c1-13(2)21(31-22(33)18(29-20(32)9-25)8-15-11-26-12-28-15)23(34)30-19(24(35)36)7-14-10-27-17-6-4-3-5-16(14)17/h3-6,10-13,18-19,21,27H,7-9,25H2,1-2H3,(H,26,28)(H,29,32)(H,30,34)(H,31,33)(H,35,36). The van der Waals surface area contributed by atoms with Gasteiger partial charge in [-0.1, -0.05) is 32.0 Å². The molecule has 0 saturated heterocycles. The van der Waals surface area contributed by atoms with E-state index in [-0.39, 0.29) is 25.3 Å². The number of nitrogens with zero attached hydrogens (tertiary/aromatic N) is 1. The van der Waals surface area contributed by atoms with E-state index in [1.807, 2.05) is 24.3 Å². The van der Waals surface area contributed by atoms with Crippen molar-refractivity contribution in [1.29, 1.82) is 0 Å². The molecule has 0 spiro atoms. The maximum Gasteiger partial charge on any atom is 0.326 e. The third kappa shape index (κ3) is 6.69. The van der Waals surface area contributed by atoms with Crippen molar-refractivity contribution in [2.45, 2.75) is 44.8 Å². The highest BCUT2D eigenvalue weighted by molar-refractivity contribution is 5.94. The number of aliphatic carboxylic acids is 1. The third-order valence-electron chi connectivity index (χ3n) is 5.78. The van der Waals surface area contributed by atoms with Crippen molar-refractivity contribution < 1.29 is 24.3 Å². The molecule has 1 aromatic carbocycles. The number of aromatic nitrogens is 3. The Kier molecular flexibility index (Phi) is 8.79. The first-order valence-electron chi connectivity index (χ1n) is 11.5. The number of rotatable bonds is 12. The number of nitrogens with two attached hydrogens (primary N) is 1. The van der Waals surface area contributed by atoms with E-state index < -0.39 is 41.8 Å². The van der Waals surface area contributed by atoms with Gasteiger partial charge in [-0.05, 0) is 17.5 Å². The first-order valence-corrected chi connectivity index (χ1v) is 11.5. The van der Waals surface area contributed by atoms with Crippen LogP contribution in [0.3, 0.4) is 0 Å². The van der Waals surface area contributed by atoms with Crippen LogP contribution in [0.2, 0.25) is 0 Å². The van der Waals surface area contributed by atoms with Crippen LogP contribution in [-0.2, 0) is 32.0 Å². The normalized spacial score (nSPS) is 13.7. The highest BCUT2D eigenvalue weighted by Crippen LogP contribution is 2.19. The fraction of sp³-hybridized carbons (Fsp3) is 0.375. The molecule has 0 saturated carbocycles. The Balaban J connectivity index is 1.73. The number of aromatic amines is 2. The predicted molar refractivity (Wildman–Crippen MR) is 132 cm³/mol. The molecule has 0 radical (unpaired) electrons. The van der Waals surface area contributed by atoms with Crippen LogP contribution < -0.4 is 21.7 Å². The number of imidazole rings is 1. The Bertz CT molecular complexity index is 1200. The Morgan fingerprint density at radius 3 is 2.39 bits per heavy atom. The summed E-state index contributed by atoms with van der Waals surface area (Å²) < 4.78 is 0. The van der Waals surface area contributed by atoms with Crippen molar-refractivity contribution in [1.82, 2.24) is 30.9 Å². The number of para-hydroxylation sites is 1. The number of carbonyl (C=O) groups excluding carboxylic acids is 3. The van der Waals surface area contributed by atoms with Crippen LogP contribution in [0.4, 0.5) is 0 Å². The number of benzene rings is 1. The van der Waals surface area contributed by atoms with Gasteiger partial charge in [0.1, 0.15) is 18.1 Å². The minimum Gasteiger partial charge on any atom is -0.480 e. The first-order chi connectivity index (χ1) is 17.2. The fourth-order valence-corrected chi connectivity index (χ4v) is 3.85. The first kappa shape index (κ1) is 26.4. The van der Waals surface area contributed by atoms with Crippen LogP contribution in [0.25, 0.3) is 10.9 Å². The monoisotopic (exact) mass is 497 g/mol. The van der Waals surface area contributed by atoms with Crippen molar-refractivity contribution in [3.63, 3.8) is 0 Å². The summed E-state index contributed by atoms with van der Waals surface area (Å²) in [4.78, 5) is 59.9. The number of carboxylic acids is 1. The van der Waals surface area contributed by atoms with E-state index in [1.54, 1.807) is 20.0 Å². The molecule has 3 aromatic rings. The van der Waals surface area contributed by atoms with Gasteiger partial charge in [-0.3, -0.25) is 14.4 Å². The molecule has 3 unspecified atom stereocenters. The molecule has 3 atom stereocenters. The number of fused-ring (bicyclic) bond motifs is 1. The number of hydrogen-bond donors (Lipinski definition) is 7. The largest absolute Gasteiger partial charge is 0.480 e. The molecule has 12 nitrogen and oxygen atoms in total. The molecule has 2 heterocycles. The zero-order chi connectivity index (χ0) is 26.2. The molecule has 8 N–H and O–H groups in total. The summed E-state index contributed by atoms with van der Waals surface area (Å²) >= 11 is 0. The Labute approximate surface area is 207 Å². The molecule has 12 heteroatoms. The van der Waals surface area contributed by atoms with Gasteiger partial charge in [0.05, 0.1) is 12.9 Å². The van der Waals surface area contributed by atoms with E-state index in [1.165, 1.54) is 12.5 Å². The number of amides is 3. The van der Waals surface area contributed by atoms with Gasteiger partial charge in [-0.25, -0.2) is 9.78 Å². The van der Waals surface area contributed by atoms with Crippen LogP contribution in [0.1, 0.15) is 25.1 Å². The smallest absolute Gasteiger partial charge is 0.326 e. The van der Waals surface area contributed by atoms with Crippen LogP contribution in [0.15, 0.2) is 43.0 Å². The number of carboxylic acid groups (broad SMARTS) is 1. The lowest BCUT2D eigenvalue weighted by atomic mass is 10.00. The molecule has 0 aliphatic carbocycles. The van der Waals surface area contributed by atoms with E-state index in [4.69, 9.17) is 5.73 Å². The van der Waals surface area contributed by atoms with Crippen LogP contribution >= 0.6 is 0 Å². The highest BCUT2D eigenvalue weighted by atomic mass is 16.4. The predicted octanol–water partition coefficient (Wildman–Crippen LogP) is -0.170. The van der Waals surface area contributed by atoms with Crippen molar-refractivity contribution >= 4 is 34.6 Å². The van der Waals surface area contributed by atoms with Gasteiger partial charge in [0.2, 0.25) is 17.7 Å². The van der Waals surface area contributed by atoms with Crippen molar-refractivity contribution in [2.24, 2.45) is 11.7 Å². The molecular formula is C24H31N7O5. The van der Waals surface area contributed by atoms with Crippen LogP contribution in [0.5, 0.6) is 0 Å². The average molecular weight is 498 g/mol. The highest BCUT2D eigenvalue weighted by Gasteiger charge is 2.32. The summed E-state index contributed by atoms with van der Waals surface area (Å²) in [6, 6.07) is 4.19. The maximum atomic E-state index is 13.1. The summed E-state index contributed by atoms with van der Waals surface area (Å²) in [5, 5.41) is 18.4. The maximum absolute atomic E-state index is 13.1. The minimum absolute atomic E-state index is 0.0544. The molecule has 0 fully saturated rings. The molecule has 36 heavy (non-hydrogen) atoms. The van der Waals surface area contributed by atoms with Crippen molar-refractivity contribution in [3.05, 3.63) is 54.2 Å². The number of nitrogens with one attached hydrogen (secondary N) is 5. The van der Waals surface area contributed by atoms with Crippen molar-refractivity contribution in [2.75, 3.05) is 6.54 Å². The zero-order valence-corrected chi connectivity index (χ0v) is 20.1. The molecule has 3 rings (SSSR count). The second-order valence-electron chi connectivity index (χ2n) is 8.80. The zero-order valence-electron chi connectivity index (χ0n) is 20.1. The number of H-pyrrole nitrogens is 2. The second-order valence-corrected chi connectivity index (χ2v) is 8.80. The number of hydrogen-bond acceptors (Lipinski definition) is 6. The summed E-state index contributed by atoms with van der Waals surface area (Å²) in [6.45, 7) is 3.14. The average Bonchev–Trinajstić information content (AvgIpc) is 3.51. The fourth-order valence-electron chi connectivity index (χ4n) is 3.85. The number of carbonyl (C=O) groups is 4. The third-order valence-corrected chi connectivity index (χ3v) is 5.78. The van der Waals surface area contributed by atoms with E-state index in [2.05, 4.69) is 30.9 Å². The summed E-state index contributed by atoms with van der Waals surface area (Å²) in [5.41, 5.74) is 7.58. The van der Waals surface area contributed by atoms with E-state index in [0.717, 1.165) is 16.5 Å². The lowest BCUT2D eigenvalue weighted by Crippen LogP contribution is -2.58. The van der Waals surface area contributed by atoms with Crippen molar-refractivity contribution in [3.8, 4) is 0 Å². The van der Waals surface area contributed by atoms with Gasteiger partial charge >= 0.3 is 5.97 Å². The minimum atomic E-state index is -1.22. The van der Waals surface area contributed by atoms with Gasteiger partial charge in [0.15, 0.2) is 0 Å². The summed E-state index contributed by atoms with van der Waals surface area (Å²) in [5.74, 6) is -3.35. The molecule has 0 aliphatic heterocycles. The van der Waals surface area contributed by atoms with Gasteiger partial charge in [-0.2, -0.15) is 0 Å². The van der Waals surface area contributed by atoms with Gasteiger partial charge in [0, 0.05) is 41.8 Å². The lowest BCUT2D eigenvalue weighted by molar-refractivity contribution is -0.142. The van der Waals surface area contributed by atoms with Gasteiger partial charge < -0.3 is 36.8 Å². The summed E-state index contributed by atoms with van der Waals surface area (Å²) in [6.07, 6.45) is 4.83. The van der Waals surface area contributed by atoms with Crippen LogP contribution in [0, 0.1) is 5.92 Å². The van der Waals surface area contributed by atoms with Crippen LogP contribution in [-0.4, -0.2) is 68.4 Å². The summed E-state index contributed by atoms with van der Waals surface area (Å²) in [7, 11) is 0. The Morgan fingerprint density at radius 1 is 1.00 bits per heavy atom. The SMILES string of the molecule is CC(C)C(NC(=O)C(Cc1cnc[nH]1)NC(=O)CN)C(=O)NC(Cc1c[nH]c2ccccc12)C(=O)O. The molecule has 0 aliphatic rings. The molecular weight excluding hydrogens is 466 g/mol.